The molecule has 1 aromatic rings. The number of amides is 1. The molecule has 4 heteroatoms. The molecule has 0 aliphatic carbocycles. The van der Waals surface area contributed by atoms with Gasteiger partial charge in [0.15, 0.2) is 0 Å². The summed E-state index contributed by atoms with van der Waals surface area (Å²) < 4.78 is 5.69. The first-order valence-corrected chi connectivity index (χ1v) is 9.12. The zero-order chi connectivity index (χ0) is 18.1. The highest BCUT2D eigenvalue weighted by atomic mass is 16.5. The maximum absolute atomic E-state index is 12.2. The number of hydrogen-bond acceptors (Lipinski definition) is 2. The molecular formula is C20H35N2O2+. The van der Waals surface area contributed by atoms with Gasteiger partial charge in [0.2, 0.25) is 5.91 Å². The normalized spacial score (nSPS) is 12.7. The second-order valence-electron chi connectivity index (χ2n) is 7.45. The van der Waals surface area contributed by atoms with E-state index in [1.165, 1.54) is 10.5 Å². The SMILES string of the molecule is CC(C)Oc1ccc([C@H](CC(=O)NCCC[NH+](C)C)C(C)C)cc1. The van der Waals surface area contributed by atoms with Crippen LogP contribution in [-0.4, -0.2) is 39.2 Å². The molecule has 0 heterocycles. The van der Waals surface area contributed by atoms with Gasteiger partial charge in [0.25, 0.3) is 0 Å². The van der Waals surface area contributed by atoms with E-state index in [1.54, 1.807) is 0 Å². The van der Waals surface area contributed by atoms with Gasteiger partial charge in [-0.1, -0.05) is 26.0 Å². The number of ether oxygens (including phenoxy) is 1. The molecule has 1 atom stereocenters. The quantitative estimate of drug-likeness (QED) is 0.644. The molecule has 0 aliphatic heterocycles. The molecule has 136 valence electrons. The number of benzene rings is 1. The molecule has 0 saturated carbocycles. The Hall–Kier alpha value is -1.55. The first-order chi connectivity index (χ1) is 11.3. The summed E-state index contributed by atoms with van der Waals surface area (Å²) in [7, 11) is 4.26. The van der Waals surface area contributed by atoms with Gasteiger partial charge >= 0.3 is 0 Å². The largest absolute Gasteiger partial charge is 0.491 e. The number of rotatable bonds is 10. The monoisotopic (exact) mass is 335 g/mol. The number of quaternary nitrogens is 1. The number of hydrogen-bond donors (Lipinski definition) is 2. The van der Waals surface area contributed by atoms with Crippen LogP contribution in [0.4, 0.5) is 0 Å². The van der Waals surface area contributed by atoms with Crippen LogP contribution in [0.2, 0.25) is 0 Å². The topological polar surface area (TPSA) is 42.8 Å². The molecule has 0 radical (unpaired) electrons. The zero-order valence-corrected chi connectivity index (χ0v) is 16.2. The van der Waals surface area contributed by atoms with E-state index >= 15 is 0 Å². The average Bonchev–Trinajstić information content (AvgIpc) is 2.49. The lowest BCUT2D eigenvalue weighted by Gasteiger charge is -2.21. The van der Waals surface area contributed by atoms with E-state index in [0.29, 0.717) is 12.3 Å². The molecule has 1 amide bonds. The van der Waals surface area contributed by atoms with Gasteiger partial charge in [0.1, 0.15) is 5.75 Å². The molecule has 2 N–H and O–H groups in total. The van der Waals surface area contributed by atoms with E-state index in [-0.39, 0.29) is 17.9 Å². The summed E-state index contributed by atoms with van der Waals surface area (Å²) in [6, 6.07) is 8.18. The van der Waals surface area contributed by atoms with Gasteiger partial charge < -0.3 is 15.0 Å². The molecule has 0 spiro atoms. The number of nitrogens with one attached hydrogen (secondary N) is 2. The van der Waals surface area contributed by atoms with Crippen molar-refractivity contribution >= 4 is 5.91 Å². The van der Waals surface area contributed by atoms with Crippen LogP contribution < -0.4 is 15.0 Å². The standard InChI is InChI=1S/C20H34N2O2/c1-15(2)19(14-20(23)21-12-7-13-22(5)6)17-8-10-18(11-9-17)24-16(3)4/h8-11,15-16,19H,7,12-14H2,1-6H3,(H,21,23)/p+1/t19-/m1/s1. The van der Waals surface area contributed by atoms with E-state index in [4.69, 9.17) is 4.74 Å². The highest BCUT2D eigenvalue weighted by Crippen LogP contribution is 2.29. The van der Waals surface area contributed by atoms with Crippen molar-refractivity contribution in [3.8, 4) is 5.75 Å². The third-order valence-electron chi connectivity index (χ3n) is 4.07. The van der Waals surface area contributed by atoms with Crippen LogP contribution in [0.15, 0.2) is 24.3 Å². The van der Waals surface area contributed by atoms with E-state index < -0.39 is 0 Å². The van der Waals surface area contributed by atoms with Crippen LogP contribution in [0.1, 0.15) is 52.0 Å². The molecule has 0 aromatic heterocycles. The second-order valence-corrected chi connectivity index (χ2v) is 7.45. The van der Waals surface area contributed by atoms with Crippen molar-refractivity contribution in [1.82, 2.24) is 5.32 Å². The molecular weight excluding hydrogens is 300 g/mol. The molecule has 1 rings (SSSR count). The van der Waals surface area contributed by atoms with Crippen LogP contribution in [-0.2, 0) is 4.79 Å². The first-order valence-electron chi connectivity index (χ1n) is 9.12. The summed E-state index contributed by atoms with van der Waals surface area (Å²) in [5.74, 6) is 1.67. The van der Waals surface area contributed by atoms with Crippen molar-refractivity contribution in [2.24, 2.45) is 5.92 Å². The lowest BCUT2D eigenvalue weighted by atomic mass is 9.85. The van der Waals surface area contributed by atoms with Crippen LogP contribution in [0.3, 0.4) is 0 Å². The van der Waals surface area contributed by atoms with Crippen LogP contribution in [0.25, 0.3) is 0 Å². The van der Waals surface area contributed by atoms with Gasteiger partial charge in [-0.15, -0.1) is 0 Å². The fourth-order valence-electron chi connectivity index (χ4n) is 2.75. The summed E-state index contributed by atoms with van der Waals surface area (Å²) in [6.45, 7) is 10.2. The highest BCUT2D eigenvalue weighted by molar-refractivity contribution is 5.76. The van der Waals surface area contributed by atoms with E-state index in [2.05, 4.69) is 45.4 Å². The molecule has 0 unspecified atom stereocenters. The first kappa shape index (κ1) is 20.5. The van der Waals surface area contributed by atoms with Crippen LogP contribution in [0.5, 0.6) is 5.75 Å². The third kappa shape index (κ3) is 7.82. The van der Waals surface area contributed by atoms with Crippen LogP contribution >= 0.6 is 0 Å². The van der Waals surface area contributed by atoms with E-state index in [1.807, 2.05) is 26.0 Å². The summed E-state index contributed by atoms with van der Waals surface area (Å²) in [6.07, 6.45) is 1.73. The van der Waals surface area contributed by atoms with Crippen molar-refractivity contribution < 1.29 is 14.4 Å². The summed E-state index contributed by atoms with van der Waals surface area (Å²) in [5.41, 5.74) is 1.20. The predicted octanol–water partition coefficient (Wildman–Crippen LogP) is 2.25. The Bertz CT molecular complexity index is 481. The van der Waals surface area contributed by atoms with Gasteiger partial charge in [-0.05, 0) is 43.4 Å². The van der Waals surface area contributed by atoms with Gasteiger partial charge in [-0.25, -0.2) is 0 Å². The molecule has 0 fully saturated rings. The summed E-state index contributed by atoms with van der Waals surface area (Å²) >= 11 is 0. The Morgan fingerprint density at radius 1 is 1.12 bits per heavy atom. The van der Waals surface area contributed by atoms with E-state index in [0.717, 1.165) is 25.3 Å². The minimum Gasteiger partial charge on any atom is -0.491 e. The zero-order valence-electron chi connectivity index (χ0n) is 16.2. The van der Waals surface area contributed by atoms with Crippen molar-refractivity contribution in [2.75, 3.05) is 27.2 Å². The lowest BCUT2D eigenvalue weighted by molar-refractivity contribution is -0.858. The Labute approximate surface area is 147 Å². The Balaban J connectivity index is 2.58. The average molecular weight is 336 g/mol. The number of carbonyl (C=O) groups is 1. The van der Waals surface area contributed by atoms with Crippen molar-refractivity contribution in [2.45, 2.75) is 52.6 Å². The second kappa shape index (κ2) is 10.3. The minimum absolute atomic E-state index is 0.143. The molecule has 1 aromatic carbocycles. The maximum atomic E-state index is 12.2. The van der Waals surface area contributed by atoms with Crippen molar-refractivity contribution in [3.05, 3.63) is 29.8 Å². The number of carbonyl (C=O) groups excluding carboxylic acids is 1. The van der Waals surface area contributed by atoms with Crippen molar-refractivity contribution in [1.29, 1.82) is 0 Å². The molecule has 4 nitrogen and oxygen atoms in total. The van der Waals surface area contributed by atoms with Gasteiger partial charge in [0.05, 0.1) is 26.7 Å². The minimum atomic E-state index is 0.143. The van der Waals surface area contributed by atoms with Gasteiger partial charge in [0, 0.05) is 19.4 Å². The maximum Gasteiger partial charge on any atom is 0.220 e. The fraction of sp³-hybridized carbons (Fsp3) is 0.650. The Morgan fingerprint density at radius 3 is 2.25 bits per heavy atom. The Morgan fingerprint density at radius 2 is 1.75 bits per heavy atom. The molecule has 24 heavy (non-hydrogen) atoms. The molecule has 0 aliphatic rings. The fourth-order valence-corrected chi connectivity index (χ4v) is 2.75. The third-order valence-corrected chi connectivity index (χ3v) is 4.07. The molecule has 0 saturated heterocycles. The summed E-state index contributed by atoms with van der Waals surface area (Å²) in [4.78, 5) is 13.7. The van der Waals surface area contributed by atoms with Crippen molar-refractivity contribution in [3.63, 3.8) is 0 Å². The Kier molecular flexibility index (Phi) is 8.83. The smallest absolute Gasteiger partial charge is 0.220 e. The molecule has 0 bridgehead atoms. The van der Waals surface area contributed by atoms with Gasteiger partial charge in [-0.3, -0.25) is 4.79 Å². The summed E-state index contributed by atoms with van der Waals surface area (Å²) in [5, 5.41) is 3.05. The van der Waals surface area contributed by atoms with Crippen LogP contribution in [0, 0.1) is 5.92 Å². The predicted molar refractivity (Wildman–Crippen MR) is 99.7 cm³/mol. The van der Waals surface area contributed by atoms with E-state index in [9.17, 15) is 4.79 Å². The van der Waals surface area contributed by atoms with Gasteiger partial charge in [-0.2, -0.15) is 0 Å². The lowest BCUT2D eigenvalue weighted by Crippen LogP contribution is -3.05. The highest BCUT2D eigenvalue weighted by Gasteiger charge is 2.19.